The predicted molar refractivity (Wildman–Crippen MR) is 48.2 cm³/mol. The molecule has 0 aromatic carbocycles. The molecule has 0 bridgehead atoms. The zero-order valence-electron chi connectivity index (χ0n) is 7.82. The van der Waals surface area contributed by atoms with Gasteiger partial charge in [-0.15, -0.1) is 10.2 Å². The lowest BCUT2D eigenvalue weighted by Gasteiger charge is -2.24. The van der Waals surface area contributed by atoms with Crippen LogP contribution in [0.2, 0.25) is 0 Å². The van der Waals surface area contributed by atoms with E-state index < -0.39 is 0 Å². The maximum absolute atomic E-state index is 4.25. The molecule has 2 aliphatic rings. The molecule has 1 N–H and O–H groups in total. The van der Waals surface area contributed by atoms with Crippen LogP contribution in [0, 0.1) is 12.8 Å². The molecule has 1 saturated carbocycles. The molecule has 2 heterocycles. The molecule has 0 spiro atoms. The summed E-state index contributed by atoms with van der Waals surface area (Å²) >= 11 is 0. The van der Waals surface area contributed by atoms with Crippen LogP contribution in [0.25, 0.3) is 0 Å². The molecule has 0 radical (unpaired) electrons. The summed E-state index contributed by atoms with van der Waals surface area (Å²) in [6.07, 6.45) is 2.70. The van der Waals surface area contributed by atoms with Gasteiger partial charge in [-0.1, -0.05) is 0 Å². The van der Waals surface area contributed by atoms with Crippen molar-refractivity contribution in [2.75, 3.05) is 6.54 Å². The third kappa shape index (κ3) is 1.09. The molecule has 1 aromatic rings. The van der Waals surface area contributed by atoms with E-state index in [2.05, 4.69) is 20.1 Å². The van der Waals surface area contributed by atoms with Crippen LogP contribution in [0.15, 0.2) is 0 Å². The summed E-state index contributed by atoms with van der Waals surface area (Å²) in [5.41, 5.74) is 0. The van der Waals surface area contributed by atoms with Gasteiger partial charge in [-0.25, -0.2) is 0 Å². The smallest absolute Gasteiger partial charge is 0.150 e. The van der Waals surface area contributed by atoms with E-state index >= 15 is 0 Å². The van der Waals surface area contributed by atoms with Crippen molar-refractivity contribution in [2.45, 2.75) is 32.4 Å². The van der Waals surface area contributed by atoms with Gasteiger partial charge in [-0.05, 0) is 25.7 Å². The average Bonchev–Trinajstić information content (AvgIpc) is 2.92. The van der Waals surface area contributed by atoms with Crippen LogP contribution in [0.3, 0.4) is 0 Å². The summed E-state index contributed by atoms with van der Waals surface area (Å²) in [5, 5.41) is 11.9. The van der Waals surface area contributed by atoms with E-state index in [4.69, 9.17) is 0 Å². The van der Waals surface area contributed by atoms with Gasteiger partial charge in [0.1, 0.15) is 5.82 Å². The van der Waals surface area contributed by atoms with E-state index in [9.17, 15) is 0 Å². The average molecular weight is 178 g/mol. The summed E-state index contributed by atoms with van der Waals surface area (Å²) < 4.78 is 2.25. The molecule has 1 fully saturated rings. The van der Waals surface area contributed by atoms with Crippen LogP contribution in [0.5, 0.6) is 0 Å². The minimum absolute atomic E-state index is 0.481. The van der Waals surface area contributed by atoms with Crippen LogP contribution >= 0.6 is 0 Å². The van der Waals surface area contributed by atoms with Crippen LogP contribution in [0.1, 0.15) is 30.5 Å². The van der Waals surface area contributed by atoms with Gasteiger partial charge in [0, 0.05) is 13.1 Å². The molecule has 4 heteroatoms. The van der Waals surface area contributed by atoms with Gasteiger partial charge in [0.15, 0.2) is 5.82 Å². The Balaban J connectivity index is 2.01. The minimum atomic E-state index is 0.481. The minimum Gasteiger partial charge on any atom is -0.313 e. The highest BCUT2D eigenvalue weighted by molar-refractivity contribution is 5.07. The lowest BCUT2D eigenvalue weighted by Crippen LogP contribution is -2.35. The first-order valence-corrected chi connectivity index (χ1v) is 4.99. The van der Waals surface area contributed by atoms with Gasteiger partial charge in [-0.3, -0.25) is 0 Å². The van der Waals surface area contributed by atoms with Crippen molar-refractivity contribution in [3.8, 4) is 0 Å². The Kier molecular flexibility index (Phi) is 1.47. The van der Waals surface area contributed by atoms with Crippen LogP contribution in [-0.2, 0) is 6.54 Å². The van der Waals surface area contributed by atoms with E-state index in [1.54, 1.807) is 0 Å². The van der Waals surface area contributed by atoms with E-state index in [0.717, 1.165) is 30.7 Å². The van der Waals surface area contributed by atoms with E-state index in [-0.39, 0.29) is 0 Å². The highest BCUT2D eigenvalue weighted by atomic mass is 15.3. The van der Waals surface area contributed by atoms with Crippen LogP contribution in [0.4, 0.5) is 0 Å². The SMILES string of the molecule is Cc1nnc2n1CCNC2C1CC1. The predicted octanol–water partition coefficient (Wildman–Crippen LogP) is 0.641. The van der Waals surface area contributed by atoms with Gasteiger partial charge in [0.05, 0.1) is 6.04 Å². The number of rotatable bonds is 1. The molecule has 1 atom stereocenters. The first-order valence-electron chi connectivity index (χ1n) is 4.99. The Morgan fingerprint density at radius 2 is 2.23 bits per heavy atom. The molecule has 1 aliphatic heterocycles. The number of nitrogens with one attached hydrogen (secondary N) is 1. The first kappa shape index (κ1) is 7.50. The van der Waals surface area contributed by atoms with Crippen molar-refractivity contribution >= 4 is 0 Å². The highest BCUT2D eigenvalue weighted by Gasteiger charge is 2.36. The molecule has 1 unspecified atom stereocenters. The fourth-order valence-electron chi connectivity index (χ4n) is 2.13. The summed E-state index contributed by atoms with van der Waals surface area (Å²) in [4.78, 5) is 0. The van der Waals surface area contributed by atoms with Gasteiger partial charge in [-0.2, -0.15) is 0 Å². The van der Waals surface area contributed by atoms with Crippen molar-refractivity contribution in [1.29, 1.82) is 0 Å². The second kappa shape index (κ2) is 2.54. The Morgan fingerprint density at radius 3 is 3.00 bits per heavy atom. The number of aromatic nitrogens is 3. The number of hydrogen-bond donors (Lipinski definition) is 1. The van der Waals surface area contributed by atoms with Crippen molar-refractivity contribution < 1.29 is 0 Å². The zero-order chi connectivity index (χ0) is 8.84. The normalized spacial score (nSPS) is 27.3. The molecular weight excluding hydrogens is 164 g/mol. The monoisotopic (exact) mass is 178 g/mol. The molecule has 0 saturated heterocycles. The fraction of sp³-hybridized carbons (Fsp3) is 0.778. The number of nitrogens with zero attached hydrogens (tertiary/aromatic N) is 3. The maximum Gasteiger partial charge on any atom is 0.150 e. The van der Waals surface area contributed by atoms with Crippen molar-refractivity contribution in [3.63, 3.8) is 0 Å². The van der Waals surface area contributed by atoms with Crippen molar-refractivity contribution in [2.24, 2.45) is 5.92 Å². The number of hydrogen-bond acceptors (Lipinski definition) is 3. The second-order valence-corrected chi connectivity index (χ2v) is 4.03. The largest absolute Gasteiger partial charge is 0.313 e. The molecule has 13 heavy (non-hydrogen) atoms. The highest BCUT2D eigenvalue weighted by Crippen LogP contribution is 2.41. The van der Waals surface area contributed by atoms with Crippen LogP contribution < -0.4 is 5.32 Å². The van der Waals surface area contributed by atoms with Crippen molar-refractivity contribution in [3.05, 3.63) is 11.6 Å². The van der Waals surface area contributed by atoms with Gasteiger partial charge in [0.25, 0.3) is 0 Å². The number of aryl methyl sites for hydroxylation is 1. The molecule has 1 aliphatic carbocycles. The van der Waals surface area contributed by atoms with E-state index in [1.807, 2.05) is 6.92 Å². The Hall–Kier alpha value is -0.900. The van der Waals surface area contributed by atoms with E-state index in [1.165, 1.54) is 12.8 Å². The fourth-order valence-corrected chi connectivity index (χ4v) is 2.13. The first-order chi connectivity index (χ1) is 6.36. The molecule has 1 aromatic heterocycles. The third-order valence-corrected chi connectivity index (χ3v) is 3.04. The summed E-state index contributed by atoms with van der Waals surface area (Å²) in [7, 11) is 0. The Labute approximate surface area is 77.4 Å². The Morgan fingerprint density at radius 1 is 1.38 bits per heavy atom. The lowest BCUT2D eigenvalue weighted by molar-refractivity contribution is 0.378. The molecule has 4 nitrogen and oxygen atoms in total. The third-order valence-electron chi connectivity index (χ3n) is 3.04. The lowest BCUT2D eigenvalue weighted by atomic mass is 10.1. The molecule has 0 amide bonds. The summed E-state index contributed by atoms with van der Waals surface area (Å²) in [5.74, 6) is 3.04. The maximum atomic E-state index is 4.25. The van der Waals surface area contributed by atoms with Crippen LogP contribution in [-0.4, -0.2) is 21.3 Å². The van der Waals surface area contributed by atoms with E-state index in [0.29, 0.717) is 6.04 Å². The summed E-state index contributed by atoms with van der Waals surface area (Å²) in [6.45, 7) is 4.12. The topological polar surface area (TPSA) is 42.7 Å². The van der Waals surface area contributed by atoms with Gasteiger partial charge < -0.3 is 9.88 Å². The molecule has 3 rings (SSSR count). The summed E-state index contributed by atoms with van der Waals surface area (Å²) in [6, 6.07) is 0.481. The molecular formula is C9H14N4. The number of fused-ring (bicyclic) bond motifs is 1. The quantitative estimate of drug-likeness (QED) is 0.686. The van der Waals surface area contributed by atoms with Gasteiger partial charge in [0.2, 0.25) is 0 Å². The molecule has 70 valence electrons. The van der Waals surface area contributed by atoms with Gasteiger partial charge >= 0.3 is 0 Å². The second-order valence-electron chi connectivity index (χ2n) is 4.03. The standard InChI is InChI=1S/C9H14N4/c1-6-11-12-9-8(7-2-3-7)10-4-5-13(6)9/h7-8,10H,2-5H2,1H3. The van der Waals surface area contributed by atoms with Crippen molar-refractivity contribution in [1.82, 2.24) is 20.1 Å². The zero-order valence-corrected chi connectivity index (χ0v) is 7.82. The Bertz CT molecular complexity index is 326.